The maximum Gasteiger partial charge on any atom is 0.0181 e. The Morgan fingerprint density at radius 1 is 1.27 bits per heavy atom. The predicted octanol–water partition coefficient (Wildman–Crippen LogP) is 3.83. The van der Waals surface area contributed by atoms with Gasteiger partial charge in [0.1, 0.15) is 0 Å². The van der Waals surface area contributed by atoms with Crippen molar-refractivity contribution < 1.29 is 0 Å². The maximum atomic E-state index is 3.67. The van der Waals surface area contributed by atoms with Crippen LogP contribution < -0.4 is 5.32 Å². The van der Waals surface area contributed by atoms with Crippen LogP contribution in [-0.2, 0) is 0 Å². The van der Waals surface area contributed by atoms with E-state index in [0.717, 1.165) is 16.5 Å². The van der Waals surface area contributed by atoms with Crippen LogP contribution in [-0.4, -0.2) is 23.1 Å². The third-order valence-electron chi connectivity index (χ3n) is 3.37. The molecule has 2 heteroatoms. The Kier molecular flexibility index (Phi) is 6.74. The molecule has 15 heavy (non-hydrogen) atoms. The van der Waals surface area contributed by atoms with E-state index in [2.05, 4.69) is 37.8 Å². The average molecular weight is 229 g/mol. The lowest BCUT2D eigenvalue weighted by atomic mass is 10.1. The molecule has 90 valence electrons. The van der Waals surface area contributed by atoms with Crippen molar-refractivity contribution in [3.05, 3.63) is 0 Å². The molecule has 0 aliphatic heterocycles. The molecule has 2 unspecified atom stereocenters. The summed E-state index contributed by atoms with van der Waals surface area (Å²) in [5.41, 5.74) is 0. The van der Waals surface area contributed by atoms with E-state index in [1.165, 1.54) is 45.1 Å². The molecule has 0 spiro atoms. The van der Waals surface area contributed by atoms with Crippen molar-refractivity contribution in [3.63, 3.8) is 0 Å². The molecule has 2 atom stereocenters. The van der Waals surface area contributed by atoms with Crippen molar-refractivity contribution >= 4 is 11.8 Å². The lowest BCUT2D eigenvalue weighted by molar-refractivity contribution is 0.493. The molecule has 1 fully saturated rings. The van der Waals surface area contributed by atoms with Gasteiger partial charge in [0.15, 0.2) is 0 Å². The molecule has 0 aromatic rings. The SMILES string of the molecule is CCCNC(CC)C(C)SC1CCCC1. The second kappa shape index (κ2) is 7.56. The highest BCUT2D eigenvalue weighted by atomic mass is 32.2. The highest BCUT2D eigenvalue weighted by Gasteiger charge is 2.22. The van der Waals surface area contributed by atoms with Gasteiger partial charge in [0.25, 0.3) is 0 Å². The van der Waals surface area contributed by atoms with Crippen LogP contribution in [0, 0.1) is 0 Å². The van der Waals surface area contributed by atoms with Gasteiger partial charge in [0.2, 0.25) is 0 Å². The predicted molar refractivity (Wildman–Crippen MR) is 71.7 cm³/mol. The molecule has 0 radical (unpaired) electrons. The Morgan fingerprint density at radius 3 is 2.47 bits per heavy atom. The Labute approximate surface area is 99.8 Å². The van der Waals surface area contributed by atoms with Crippen LogP contribution in [0.2, 0.25) is 0 Å². The van der Waals surface area contributed by atoms with Crippen LogP contribution in [0.1, 0.15) is 59.3 Å². The van der Waals surface area contributed by atoms with Crippen LogP contribution in [0.4, 0.5) is 0 Å². The van der Waals surface area contributed by atoms with Gasteiger partial charge in [0, 0.05) is 16.5 Å². The van der Waals surface area contributed by atoms with Crippen molar-refractivity contribution in [2.45, 2.75) is 75.8 Å². The van der Waals surface area contributed by atoms with Crippen molar-refractivity contribution in [1.82, 2.24) is 5.32 Å². The minimum Gasteiger partial charge on any atom is -0.313 e. The molecule has 0 aromatic carbocycles. The molecule has 1 N–H and O–H groups in total. The summed E-state index contributed by atoms with van der Waals surface area (Å²) in [5.74, 6) is 0. The fourth-order valence-electron chi connectivity index (χ4n) is 2.39. The standard InChI is InChI=1S/C13H27NS/c1-4-10-14-13(5-2)11(3)15-12-8-6-7-9-12/h11-14H,4-10H2,1-3H3. The lowest BCUT2D eigenvalue weighted by Crippen LogP contribution is -2.37. The van der Waals surface area contributed by atoms with Crippen molar-refractivity contribution in [1.29, 1.82) is 0 Å². The number of nitrogens with one attached hydrogen (secondary N) is 1. The molecule has 0 saturated heterocycles. The Bertz CT molecular complexity index is 155. The first-order valence-corrected chi connectivity index (χ1v) is 7.61. The quantitative estimate of drug-likeness (QED) is 0.712. The zero-order valence-electron chi connectivity index (χ0n) is 10.6. The van der Waals surface area contributed by atoms with E-state index in [-0.39, 0.29) is 0 Å². The second-order valence-electron chi connectivity index (χ2n) is 4.72. The monoisotopic (exact) mass is 229 g/mol. The molecule has 1 saturated carbocycles. The number of thioether (sulfide) groups is 1. The fourth-order valence-corrected chi connectivity index (χ4v) is 4.09. The van der Waals surface area contributed by atoms with E-state index < -0.39 is 0 Å². The first kappa shape index (κ1) is 13.4. The van der Waals surface area contributed by atoms with E-state index in [1.807, 2.05) is 0 Å². The number of hydrogen-bond acceptors (Lipinski definition) is 2. The van der Waals surface area contributed by atoms with Gasteiger partial charge >= 0.3 is 0 Å². The minimum absolute atomic E-state index is 0.718. The van der Waals surface area contributed by atoms with Crippen LogP contribution >= 0.6 is 11.8 Å². The topological polar surface area (TPSA) is 12.0 Å². The molecule has 1 aliphatic carbocycles. The fraction of sp³-hybridized carbons (Fsp3) is 1.00. The third kappa shape index (κ3) is 4.78. The van der Waals surface area contributed by atoms with Crippen LogP contribution in [0.3, 0.4) is 0 Å². The summed E-state index contributed by atoms with van der Waals surface area (Å²) in [6.45, 7) is 8.13. The normalized spacial score (nSPS) is 21.8. The van der Waals surface area contributed by atoms with Crippen molar-refractivity contribution in [2.75, 3.05) is 6.54 Å². The molecule has 1 nitrogen and oxygen atoms in total. The summed E-state index contributed by atoms with van der Waals surface area (Å²) in [4.78, 5) is 0. The van der Waals surface area contributed by atoms with Gasteiger partial charge in [0.05, 0.1) is 0 Å². The van der Waals surface area contributed by atoms with Gasteiger partial charge < -0.3 is 5.32 Å². The van der Waals surface area contributed by atoms with Crippen LogP contribution in [0.5, 0.6) is 0 Å². The number of rotatable bonds is 7. The van der Waals surface area contributed by atoms with Gasteiger partial charge in [-0.3, -0.25) is 0 Å². The molecular formula is C13H27NS. The highest BCUT2D eigenvalue weighted by Crippen LogP contribution is 2.33. The summed E-state index contributed by atoms with van der Waals surface area (Å²) in [7, 11) is 0. The summed E-state index contributed by atoms with van der Waals surface area (Å²) in [6, 6.07) is 0.718. The average Bonchev–Trinajstić information content (AvgIpc) is 2.71. The Balaban J connectivity index is 2.24. The smallest absolute Gasteiger partial charge is 0.0181 e. The van der Waals surface area contributed by atoms with Gasteiger partial charge in [-0.25, -0.2) is 0 Å². The zero-order valence-corrected chi connectivity index (χ0v) is 11.4. The van der Waals surface area contributed by atoms with Gasteiger partial charge in [-0.05, 0) is 32.2 Å². The van der Waals surface area contributed by atoms with E-state index in [9.17, 15) is 0 Å². The largest absolute Gasteiger partial charge is 0.313 e. The summed E-state index contributed by atoms with van der Waals surface area (Å²) in [6.07, 6.45) is 8.35. The van der Waals surface area contributed by atoms with Gasteiger partial charge in [-0.1, -0.05) is 33.6 Å². The van der Waals surface area contributed by atoms with Crippen LogP contribution in [0.15, 0.2) is 0 Å². The molecular weight excluding hydrogens is 202 g/mol. The Morgan fingerprint density at radius 2 is 1.93 bits per heavy atom. The van der Waals surface area contributed by atoms with Crippen LogP contribution in [0.25, 0.3) is 0 Å². The molecule has 0 amide bonds. The summed E-state index contributed by atoms with van der Waals surface area (Å²) >= 11 is 2.23. The molecule has 0 aromatic heterocycles. The molecule has 1 rings (SSSR count). The summed E-state index contributed by atoms with van der Waals surface area (Å²) in [5, 5.41) is 5.41. The second-order valence-corrected chi connectivity index (χ2v) is 6.40. The minimum atomic E-state index is 0.718. The zero-order chi connectivity index (χ0) is 11.1. The van der Waals surface area contributed by atoms with E-state index in [0.29, 0.717) is 0 Å². The van der Waals surface area contributed by atoms with Gasteiger partial charge in [-0.2, -0.15) is 11.8 Å². The molecule has 1 aliphatic rings. The van der Waals surface area contributed by atoms with E-state index in [4.69, 9.17) is 0 Å². The third-order valence-corrected chi connectivity index (χ3v) is 4.99. The first-order chi connectivity index (χ1) is 7.27. The highest BCUT2D eigenvalue weighted by molar-refractivity contribution is 8.00. The maximum absolute atomic E-state index is 3.67. The Hall–Kier alpha value is 0.310. The van der Waals surface area contributed by atoms with E-state index in [1.54, 1.807) is 0 Å². The molecule has 0 heterocycles. The van der Waals surface area contributed by atoms with Gasteiger partial charge in [-0.15, -0.1) is 0 Å². The van der Waals surface area contributed by atoms with E-state index >= 15 is 0 Å². The lowest BCUT2D eigenvalue weighted by Gasteiger charge is -2.25. The molecule has 0 bridgehead atoms. The van der Waals surface area contributed by atoms with Crippen molar-refractivity contribution in [2.24, 2.45) is 0 Å². The first-order valence-electron chi connectivity index (χ1n) is 6.66. The van der Waals surface area contributed by atoms with Crippen molar-refractivity contribution in [3.8, 4) is 0 Å². The summed E-state index contributed by atoms with van der Waals surface area (Å²) < 4.78 is 0. The number of hydrogen-bond donors (Lipinski definition) is 1.